The van der Waals surface area contributed by atoms with E-state index in [0.29, 0.717) is 16.8 Å². The summed E-state index contributed by atoms with van der Waals surface area (Å²) in [6.07, 6.45) is -0.927. The molecule has 6 nitrogen and oxygen atoms in total. The van der Waals surface area contributed by atoms with Gasteiger partial charge in [0.2, 0.25) is 5.88 Å². The normalized spacial score (nSPS) is 24.2. The summed E-state index contributed by atoms with van der Waals surface area (Å²) in [5.74, 6) is 0.257. The summed E-state index contributed by atoms with van der Waals surface area (Å²) in [6, 6.07) is 12.9. The van der Waals surface area contributed by atoms with Crippen molar-refractivity contribution in [3.63, 3.8) is 0 Å². The number of aromatic nitrogens is 3. The van der Waals surface area contributed by atoms with E-state index in [1.807, 2.05) is 30.0 Å². The van der Waals surface area contributed by atoms with Gasteiger partial charge < -0.3 is 9.64 Å². The van der Waals surface area contributed by atoms with Crippen molar-refractivity contribution in [2.45, 2.75) is 44.1 Å². The molecule has 3 heterocycles. The Balaban J connectivity index is 1.39. The summed E-state index contributed by atoms with van der Waals surface area (Å²) < 4.78 is 44.4. The molecule has 1 amide bonds. The zero-order chi connectivity index (χ0) is 23.2. The van der Waals surface area contributed by atoms with E-state index >= 15 is 0 Å². The lowest BCUT2D eigenvalue weighted by Crippen LogP contribution is -2.51. The van der Waals surface area contributed by atoms with Crippen LogP contribution in [0.5, 0.6) is 5.88 Å². The lowest BCUT2D eigenvalue weighted by Gasteiger charge is -2.38. The van der Waals surface area contributed by atoms with Gasteiger partial charge in [0.25, 0.3) is 5.91 Å². The number of hydrogen-bond acceptors (Lipinski definition) is 5. The van der Waals surface area contributed by atoms with Gasteiger partial charge in [-0.3, -0.25) is 4.79 Å². The van der Waals surface area contributed by atoms with Crippen molar-refractivity contribution in [1.29, 1.82) is 0 Å². The standard InChI is InChI=1S/C24H21F3N4O2/c1-14-15-11-20(21(12-15)33-22-9-8-16(13-28-22)24(25,26)27)31(14)23(32)18-6-3-2-5-17(18)19-7-4-10-29-30-19/h2-10,13-15,20-21H,11-12H2,1H3. The van der Waals surface area contributed by atoms with Gasteiger partial charge in [-0.15, -0.1) is 0 Å². The minimum absolute atomic E-state index is 0.0258. The topological polar surface area (TPSA) is 68.2 Å². The molecular weight excluding hydrogens is 433 g/mol. The Bertz CT molecular complexity index is 1150. The van der Waals surface area contributed by atoms with Crippen molar-refractivity contribution in [1.82, 2.24) is 20.1 Å². The number of pyridine rings is 1. The zero-order valence-corrected chi connectivity index (χ0v) is 17.7. The number of nitrogens with zero attached hydrogens (tertiary/aromatic N) is 4. The average Bonchev–Trinajstić information content (AvgIpc) is 3.36. The summed E-state index contributed by atoms with van der Waals surface area (Å²) in [7, 11) is 0. The van der Waals surface area contributed by atoms with Gasteiger partial charge in [-0.2, -0.15) is 23.4 Å². The molecule has 170 valence electrons. The molecule has 2 aliphatic rings. The van der Waals surface area contributed by atoms with Crippen LogP contribution < -0.4 is 4.74 Å². The highest BCUT2D eigenvalue weighted by molar-refractivity contribution is 6.01. The van der Waals surface area contributed by atoms with Crippen molar-refractivity contribution in [3.05, 3.63) is 72.1 Å². The second-order valence-corrected chi connectivity index (χ2v) is 8.45. The molecule has 1 aliphatic carbocycles. The summed E-state index contributed by atoms with van der Waals surface area (Å²) in [6.45, 7) is 2.03. The fourth-order valence-electron chi connectivity index (χ4n) is 4.94. The van der Waals surface area contributed by atoms with Crippen molar-refractivity contribution in [2.24, 2.45) is 5.92 Å². The molecule has 5 rings (SSSR count). The van der Waals surface area contributed by atoms with E-state index in [-0.39, 0.29) is 35.9 Å². The number of rotatable bonds is 4. The largest absolute Gasteiger partial charge is 0.472 e. The SMILES string of the molecule is CC1C2CC(Oc3ccc(C(F)(F)F)cn3)C(C2)N1C(=O)c1ccccc1-c1cccnn1. The van der Waals surface area contributed by atoms with Crippen molar-refractivity contribution < 1.29 is 22.7 Å². The number of ether oxygens (including phenoxy) is 1. The average molecular weight is 454 g/mol. The van der Waals surface area contributed by atoms with Crippen LogP contribution in [0.1, 0.15) is 35.7 Å². The molecule has 3 aromatic rings. The van der Waals surface area contributed by atoms with Crippen molar-refractivity contribution in [3.8, 4) is 17.1 Å². The fourth-order valence-corrected chi connectivity index (χ4v) is 4.94. The molecule has 0 spiro atoms. The summed E-state index contributed by atoms with van der Waals surface area (Å²) >= 11 is 0. The molecule has 4 unspecified atom stereocenters. The molecule has 1 saturated heterocycles. The highest BCUT2D eigenvalue weighted by atomic mass is 19.4. The first-order chi connectivity index (χ1) is 15.8. The molecule has 4 atom stereocenters. The molecule has 0 N–H and O–H groups in total. The third-order valence-corrected chi connectivity index (χ3v) is 6.56. The van der Waals surface area contributed by atoms with Crippen LogP contribution in [0, 0.1) is 5.92 Å². The molecule has 1 saturated carbocycles. The van der Waals surface area contributed by atoms with Gasteiger partial charge >= 0.3 is 6.18 Å². The molecule has 2 aromatic heterocycles. The van der Waals surface area contributed by atoms with Crippen LogP contribution in [0.2, 0.25) is 0 Å². The third-order valence-electron chi connectivity index (χ3n) is 6.56. The van der Waals surface area contributed by atoms with Crippen LogP contribution in [-0.2, 0) is 6.18 Å². The smallest absolute Gasteiger partial charge is 0.417 e. The lowest BCUT2D eigenvalue weighted by atomic mass is 9.96. The predicted octanol–water partition coefficient (Wildman–Crippen LogP) is 4.63. The molecule has 33 heavy (non-hydrogen) atoms. The molecule has 1 aromatic carbocycles. The second kappa shape index (κ2) is 8.13. The number of alkyl halides is 3. The fraction of sp³-hybridized carbons (Fsp3) is 0.333. The minimum Gasteiger partial charge on any atom is -0.472 e. The number of piperidine rings is 1. The molecule has 1 aliphatic heterocycles. The summed E-state index contributed by atoms with van der Waals surface area (Å²) in [5, 5.41) is 8.07. The Labute approximate surface area is 188 Å². The first-order valence-electron chi connectivity index (χ1n) is 10.7. The number of halogens is 3. The van der Waals surface area contributed by atoms with E-state index in [1.165, 1.54) is 6.07 Å². The van der Waals surface area contributed by atoms with Crippen LogP contribution in [0.25, 0.3) is 11.3 Å². The Kier molecular flexibility index (Phi) is 5.26. The number of benzene rings is 1. The van der Waals surface area contributed by atoms with Crippen LogP contribution in [0.3, 0.4) is 0 Å². The van der Waals surface area contributed by atoms with Crippen molar-refractivity contribution in [2.75, 3.05) is 0 Å². The number of fused-ring (bicyclic) bond motifs is 2. The Hall–Kier alpha value is -3.49. The third kappa shape index (κ3) is 3.92. The van der Waals surface area contributed by atoms with Gasteiger partial charge in [-0.05, 0) is 49.9 Å². The molecule has 2 bridgehead atoms. The highest BCUT2D eigenvalue weighted by Gasteiger charge is 2.53. The summed E-state index contributed by atoms with van der Waals surface area (Å²) in [4.78, 5) is 19.4. The summed E-state index contributed by atoms with van der Waals surface area (Å²) in [5.41, 5.74) is 1.02. The number of amides is 1. The zero-order valence-electron chi connectivity index (χ0n) is 17.7. The molecule has 0 radical (unpaired) electrons. The van der Waals surface area contributed by atoms with E-state index in [9.17, 15) is 18.0 Å². The number of hydrogen-bond donors (Lipinski definition) is 0. The van der Waals surface area contributed by atoms with E-state index in [2.05, 4.69) is 15.2 Å². The number of likely N-dealkylation sites (tertiary alicyclic amines) is 1. The van der Waals surface area contributed by atoms with Crippen LogP contribution in [0.15, 0.2) is 60.9 Å². The van der Waals surface area contributed by atoms with E-state index < -0.39 is 11.7 Å². The van der Waals surface area contributed by atoms with Gasteiger partial charge in [-0.25, -0.2) is 4.98 Å². The van der Waals surface area contributed by atoms with Crippen LogP contribution in [-0.4, -0.2) is 44.2 Å². The maximum absolute atomic E-state index is 13.7. The van der Waals surface area contributed by atoms with E-state index in [0.717, 1.165) is 25.1 Å². The predicted molar refractivity (Wildman–Crippen MR) is 113 cm³/mol. The Morgan fingerprint density at radius 3 is 2.58 bits per heavy atom. The van der Waals surface area contributed by atoms with Gasteiger partial charge in [0.15, 0.2) is 0 Å². The quantitative estimate of drug-likeness (QED) is 0.575. The maximum atomic E-state index is 13.7. The monoisotopic (exact) mass is 454 g/mol. The van der Waals surface area contributed by atoms with Gasteiger partial charge in [0, 0.05) is 35.6 Å². The lowest BCUT2D eigenvalue weighted by molar-refractivity contribution is -0.137. The van der Waals surface area contributed by atoms with Gasteiger partial charge in [0.05, 0.1) is 17.3 Å². The maximum Gasteiger partial charge on any atom is 0.417 e. The van der Waals surface area contributed by atoms with E-state index in [4.69, 9.17) is 4.74 Å². The molecule has 9 heteroatoms. The molecule has 2 fully saturated rings. The van der Waals surface area contributed by atoms with E-state index in [1.54, 1.807) is 24.4 Å². The second-order valence-electron chi connectivity index (χ2n) is 8.45. The highest BCUT2D eigenvalue weighted by Crippen LogP contribution is 2.45. The first kappa shape index (κ1) is 21.4. The minimum atomic E-state index is -4.45. The first-order valence-corrected chi connectivity index (χ1v) is 10.7. The van der Waals surface area contributed by atoms with Crippen LogP contribution in [0.4, 0.5) is 13.2 Å². The van der Waals surface area contributed by atoms with Gasteiger partial charge in [0.1, 0.15) is 6.10 Å². The number of carbonyl (C=O) groups excluding carboxylic acids is 1. The number of carbonyl (C=O) groups is 1. The van der Waals surface area contributed by atoms with Crippen LogP contribution >= 0.6 is 0 Å². The van der Waals surface area contributed by atoms with Crippen molar-refractivity contribution >= 4 is 5.91 Å². The van der Waals surface area contributed by atoms with Gasteiger partial charge in [-0.1, -0.05) is 18.2 Å². The Morgan fingerprint density at radius 2 is 1.91 bits per heavy atom. The Morgan fingerprint density at radius 1 is 1.09 bits per heavy atom. The molecular formula is C24H21F3N4O2.